The van der Waals surface area contributed by atoms with Crippen LogP contribution in [0.2, 0.25) is 0 Å². The summed E-state index contributed by atoms with van der Waals surface area (Å²) in [4.78, 5) is 2.45. The fourth-order valence-corrected chi connectivity index (χ4v) is 9.08. The smallest absolute Gasteiger partial charge is 0.0541 e. The predicted octanol–water partition coefficient (Wildman–Crippen LogP) is 15.5. The number of hydrogen-bond donors (Lipinski definition) is 0. The normalized spacial score (nSPS) is 12.2. The van der Waals surface area contributed by atoms with E-state index < -0.39 is 0 Å². The second-order valence-corrected chi connectivity index (χ2v) is 16.7. The second kappa shape index (κ2) is 12.6. The highest BCUT2D eigenvalue weighted by atomic mass is 15.1. The summed E-state index contributed by atoms with van der Waals surface area (Å²) < 4.78 is 2.41. The number of aryl methyl sites for hydroxylation is 1. The fourth-order valence-electron chi connectivity index (χ4n) is 9.08. The molecule has 10 aromatic rings. The maximum atomic E-state index is 2.45. The van der Waals surface area contributed by atoms with Crippen molar-refractivity contribution in [1.29, 1.82) is 0 Å². The van der Waals surface area contributed by atoms with Gasteiger partial charge >= 0.3 is 0 Å². The Bertz CT molecular complexity index is 3180. The van der Waals surface area contributed by atoms with Crippen molar-refractivity contribution in [2.24, 2.45) is 0 Å². The molecule has 11 rings (SSSR count). The Morgan fingerprint density at radius 3 is 1.65 bits per heavy atom. The molecule has 1 heterocycles. The van der Waals surface area contributed by atoms with Crippen LogP contribution in [0.3, 0.4) is 0 Å². The van der Waals surface area contributed by atoms with Gasteiger partial charge in [-0.2, -0.15) is 0 Å². The van der Waals surface area contributed by atoms with Gasteiger partial charge in [-0.05, 0) is 157 Å². The van der Waals surface area contributed by atoms with Gasteiger partial charge in [0, 0.05) is 33.5 Å². The minimum absolute atomic E-state index is 0.0213. The first kappa shape index (κ1) is 33.4. The minimum Gasteiger partial charge on any atom is -0.310 e. The number of rotatable bonds is 5. The van der Waals surface area contributed by atoms with E-state index in [9.17, 15) is 0 Å². The summed E-state index contributed by atoms with van der Waals surface area (Å²) in [5.41, 5.74) is 17.5. The van der Waals surface area contributed by atoms with E-state index in [-0.39, 0.29) is 5.41 Å². The molecule has 0 saturated heterocycles. The SMILES string of the molecule is Cc1ccc(C(C)(C)C)cc1N(c1cccc(-c2ccccc2)c1)c1ccc2cc3c(cc2c1)-c1cc2cc(-n4c5ccccc5c5ccccc54)ccc2cc1-3. The van der Waals surface area contributed by atoms with Gasteiger partial charge in [0.1, 0.15) is 0 Å². The molecule has 2 nitrogen and oxygen atoms in total. The lowest BCUT2D eigenvalue weighted by Crippen LogP contribution is -2.15. The van der Waals surface area contributed by atoms with E-state index >= 15 is 0 Å². The Balaban J connectivity index is 1.03. The van der Waals surface area contributed by atoms with Gasteiger partial charge in [-0.25, -0.2) is 0 Å². The number of nitrogens with zero attached hydrogens (tertiary/aromatic N) is 2. The van der Waals surface area contributed by atoms with E-state index in [2.05, 4.69) is 219 Å². The molecule has 1 aliphatic carbocycles. The largest absolute Gasteiger partial charge is 0.310 e. The van der Waals surface area contributed by atoms with Crippen LogP contribution in [0.5, 0.6) is 0 Å². The van der Waals surface area contributed by atoms with Crippen LogP contribution in [0.4, 0.5) is 17.1 Å². The highest BCUT2D eigenvalue weighted by Gasteiger charge is 2.25. The molecule has 57 heavy (non-hydrogen) atoms. The Morgan fingerprint density at radius 1 is 0.421 bits per heavy atom. The van der Waals surface area contributed by atoms with Crippen molar-refractivity contribution in [1.82, 2.24) is 4.57 Å². The second-order valence-electron chi connectivity index (χ2n) is 16.7. The van der Waals surface area contributed by atoms with E-state index in [0.717, 1.165) is 11.4 Å². The third-order valence-electron chi connectivity index (χ3n) is 12.1. The molecule has 0 bridgehead atoms. The highest BCUT2D eigenvalue weighted by molar-refractivity contribution is 6.13. The molecular formula is C55H42N2. The van der Waals surface area contributed by atoms with Crippen molar-refractivity contribution in [3.8, 4) is 39.1 Å². The van der Waals surface area contributed by atoms with Gasteiger partial charge in [-0.3, -0.25) is 0 Å². The average Bonchev–Trinajstić information content (AvgIpc) is 3.57. The van der Waals surface area contributed by atoms with Crippen molar-refractivity contribution < 1.29 is 0 Å². The summed E-state index contributed by atoms with van der Waals surface area (Å²) >= 11 is 0. The first-order valence-electron chi connectivity index (χ1n) is 20.0. The summed E-state index contributed by atoms with van der Waals surface area (Å²) in [5, 5.41) is 7.58. The first-order valence-corrected chi connectivity index (χ1v) is 20.0. The summed E-state index contributed by atoms with van der Waals surface area (Å²) in [7, 11) is 0. The lowest BCUT2D eigenvalue weighted by molar-refractivity contribution is 0.590. The van der Waals surface area contributed by atoms with Crippen LogP contribution in [0, 0.1) is 6.92 Å². The molecular weight excluding hydrogens is 689 g/mol. The molecule has 0 aliphatic heterocycles. The molecule has 0 spiro atoms. The maximum Gasteiger partial charge on any atom is 0.0541 e. The van der Waals surface area contributed by atoms with Crippen molar-refractivity contribution in [2.45, 2.75) is 33.1 Å². The van der Waals surface area contributed by atoms with Crippen molar-refractivity contribution in [2.75, 3.05) is 4.90 Å². The summed E-state index contributed by atoms with van der Waals surface area (Å²) in [6, 6.07) is 67.6. The van der Waals surface area contributed by atoms with Crippen molar-refractivity contribution >= 4 is 60.4 Å². The van der Waals surface area contributed by atoms with Gasteiger partial charge in [-0.15, -0.1) is 0 Å². The molecule has 0 amide bonds. The van der Waals surface area contributed by atoms with E-state index in [4.69, 9.17) is 0 Å². The maximum absolute atomic E-state index is 2.45. The van der Waals surface area contributed by atoms with Gasteiger partial charge in [0.2, 0.25) is 0 Å². The number of aromatic nitrogens is 1. The summed E-state index contributed by atoms with van der Waals surface area (Å²) in [6.45, 7) is 9.11. The molecule has 0 N–H and O–H groups in total. The van der Waals surface area contributed by atoms with Crippen LogP contribution in [0.25, 0.3) is 82.4 Å². The molecule has 0 radical (unpaired) electrons. The molecule has 272 valence electrons. The van der Waals surface area contributed by atoms with Crippen LogP contribution < -0.4 is 4.90 Å². The van der Waals surface area contributed by atoms with Gasteiger partial charge in [-0.1, -0.05) is 124 Å². The number of para-hydroxylation sites is 2. The van der Waals surface area contributed by atoms with Crippen LogP contribution in [0.1, 0.15) is 31.9 Å². The van der Waals surface area contributed by atoms with Gasteiger partial charge in [0.05, 0.1) is 11.0 Å². The number of benzene rings is 9. The van der Waals surface area contributed by atoms with E-state index in [0.29, 0.717) is 0 Å². The zero-order chi connectivity index (χ0) is 38.4. The number of anilines is 3. The minimum atomic E-state index is 0.0213. The molecule has 0 saturated carbocycles. The standard InChI is InChI=1S/C55H42N2/c1-35-21-24-42(55(2,3)4)34-54(35)56(43-16-12-15-37(27-43)36-13-6-5-7-14-36)44-25-22-38-30-48-49-31-39-23-26-45(29-41(39)33-51(49)50(48)32-40(38)28-44)57-52-19-10-8-17-46(52)47-18-9-11-20-53(47)57/h5-34H,1-4H3. The lowest BCUT2D eigenvalue weighted by Gasteiger charge is -2.30. The van der Waals surface area contributed by atoms with Crippen molar-refractivity contribution in [3.05, 3.63) is 193 Å². The Labute approximate surface area is 333 Å². The topological polar surface area (TPSA) is 8.17 Å². The molecule has 1 aromatic heterocycles. The van der Waals surface area contributed by atoms with E-state index in [1.54, 1.807) is 0 Å². The van der Waals surface area contributed by atoms with Crippen LogP contribution in [0.15, 0.2) is 182 Å². The number of hydrogen-bond acceptors (Lipinski definition) is 1. The molecule has 0 atom stereocenters. The fraction of sp³-hybridized carbons (Fsp3) is 0.0909. The third-order valence-corrected chi connectivity index (χ3v) is 12.1. The zero-order valence-corrected chi connectivity index (χ0v) is 32.7. The first-order chi connectivity index (χ1) is 27.8. The monoisotopic (exact) mass is 730 g/mol. The number of fused-ring (bicyclic) bond motifs is 9. The quantitative estimate of drug-likeness (QED) is 0.171. The molecule has 0 fully saturated rings. The van der Waals surface area contributed by atoms with Crippen LogP contribution in [-0.4, -0.2) is 4.57 Å². The van der Waals surface area contributed by atoms with Crippen LogP contribution >= 0.6 is 0 Å². The molecule has 1 aliphatic rings. The average molecular weight is 731 g/mol. The molecule has 0 unspecified atom stereocenters. The summed E-state index contributed by atoms with van der Waals surface area (Å²) in [5.74, 6) is 0. The predicted molar refractivity (Wildman–Crippen MR) is 244 cm³/mol. The zero-order valence-electron chi connectivity index (χ0n) is 32.7. The van der Waals surface area contributed by atoms with Gasteiger partial charge in [0.25, 0.3) is 0 Å². The van der Waals surface area contributed by atoms with E-state index in [1.165, 1.54) is 99.2 Å². The highest BCUT2D eigenvalue weighted by Crippen LogP contribution is 2.51. The summed E-state index contributed by atoms with van der Waals surface area (Å²) in [6.07, 6.45) is 0. The van der Waals surface area contributed by atoms with Crippen LogP contribution in [-0.2, 0) is 5.41 Å². The Morgan fingerprint density at radius 2 is 0.982 bits per heavy atom. The van der Waals surface area contributed by atoms with Crippen molar-refractivity contribution in [3.63, 3.8) is 0 Å². The third kappa shape index (κ3) is 5.39. The van der Waals surface area contributed by atoms with E-state index in [1.807, 2.05) is 0 Å². The molecule has 2 heteroatoms. The Kier molecular flexibility index (Phi) is 7.37. The molecule has 9 aromatic carbocycles. The van der Waals surface area contributed by atoms with Gasteiger partial charge in [0.15, 0.2) is 0 Å². The Hall–Kier alpha value is -6.90. The van der Waals surface area contributed by atoms with Gasteiger partial charge < -0.3 is 9.47 Å². The lowest BCUT2D eigenvalue weighted by atomic mass is 9.78.